The summed E-state index contributed by atoms with van der Waals surface area (Å²) in [4.78, 5) is 10.0. The fourth-order valence-corrected chi connectivity index (χ4v) is 15.1. The van der Waals surface area contributed by atoms with Gasteiger partial charge < -0.3 is 9.80 Å². The Labute approximate surface area is 435 Å². The second-order valence-electron chi connectivity index (χ2n) is 20.6. The molecular weight excluding hydrogens is 921 g/mol. The van der Waals surface area contributed by atoms with Crippen molar-refractivity contribution in [2.24, 2.45) is 5.92 Å². The number of nitrogens with zero attached hydrogens (tertiary/aromatic N) is 2. The van der Waals surface area contributed by atoms with Gasteiger partial charge in [0.05, 0.1) is 22.7 Å². The van der Waals surface area contributed by atoms with Gasteiger partial charge in [-0.05, 0) is 174 Å². The van der Waals surface area contributed by atoms with Gasteiger partial charge in [-0.3, -0.25) is 0 Å². The van der Waals surface area contributed by atoms with Crippen LogP contribution in [0.4, 0.5) is 34.1 Å². The summed E-state index contributed by atoms with van der Waals surface area (Å²) >= 11 is 3.72. The molecule has 348 valence electrons. The molecule has 10 aromatic carbocycles. The molecule has 5 aliphatic rings. The van der Waals surface area contributed by atoms with Crippen molar-refractivity contribution < 1.29 is 0 Å². The van der Waals surface area contributed by atoms with Crippen molar-refractivity contribution in [3.05, 3.63) is 253 Å². The van der Waals surface area contributed by atoms with E-state index in [1.165, 1.54) is 119 Å². The van der Waals surface area contributed by atoms with E-state index in [4.69, 9.17) is 0 Å². The number of anilines is 6. The Balaban J connectivity index is 1.04. The molecule has 0 saturated carbocycles. The molecule has 73 heavy (non-hydrogen) atoms. The Kier molecular flexibility index (Phi) is 9.78. The van der Waals surface area contributed by atoms with Crippen LogP contribution in [0, 0.1) is 5.92 Å². The molecule has 0 amide bonds. The van der Waals surface area contributed by atoms with E-state index in [-0.39, 0.29) is 5.41 Å². The third-order valence-electron chi connectivity index (χ3n) is 16.3. The van der Waals surface area contributed by atoms with E-state index in [0.29, 0.717) is 11.8 Å². The number of hydrogen-bond donors (Lipinski definition) is 0. The second kappa shape index (κ2) is 16.6. The lowest BCUT2D eigenvalue weighted by molar-refractivity contribution is 0.394. The summed E-state index contributed by atoms with van der Waals surface area (Å²) in [6, 6.07) is 73.4. The van der Waals surface area contributed by atoms with Gasteiger partial charge in [0.25, 0.3) is 0 Å². The van der Waals surface area contributed by atoms with E-state index in [1.54, 1.807) is 0 Å². The standard InChI is InChI=1S/C69H50N2S2/c1-69(2)57-25-8-7-22-49(57)50-37-34-44(40-58(50)69)48-21-5-6-23-51(48)67-53-38-35-46(71-61-28-11-15-32-65(61)73-66-33-16-12-29-62(66)71)42-56(53)68(52-24-17-19-43-18-3-4-20-47(43)52)54-39-36-45(41-55(54)67)70-59-26-9-13-30-63(59)72-64-31-14-10-27-60(64)70/h3-4,7-42,49,57H,5-6H2,1-2H3. The summed E-state index contributed by atoms with van der Waals surface area (Å²) in [5.74, 6) is 0.850. The largest absolute Gasteiger partial charge is 0.308 e. The Morgan fingerprint density at radius 2 is 0.959 bits per heavy atom. The maximum absolute atomic E-state index is 2.56. The monoisotopic (exact) mass is 970 g/mol. The Morgan fingerprint density at radius 3 is 1.59 bits per heavy atom. The van der Waals surface area contributed by atoms with E-state index in [1.807, 2.05) is 23.5 Å². The highest BCUT2D eigenvalue weighted by molar-refractivity contribution is 8.00. The van der Waals surface area contributed by atoms with Crippen LogP contribution in [0.5, 0.6) is 0 Å². The zero-order valence-corrected chi connectivity index (χ0v) is 42.4. The maximum atomic E-state index is 2.56. The van der Waals surface area contributed by atoms with Gasteiger partial charge >= 0.3 is 0 Å². The summed E-state index contributed by atoms with van der Waals surface area (Å²) in [5, 5.41) is 7.47. The van der Waals surface area contributed by atoms with E-state index in [9.17, 15) is 0 Å². The zero-order chi connectivity index (χ0) is 48.4. The van der Waals surface area contributed by atoms with Crippen molar-refractivity contribution in [1.82, 2.24) is 0 Å². The normalized spacial score (nSPS) is 17.9. The summed E-state index contributed by atoms with van der Waals surface area (Å²) < 4.78 is 0. The summed E-state index contributed by atoms with van der Waals surface area (Å²) in [5.41, 5.74) is 17.8. The van der Waals surface area contributed by atoms with Crippen molar-refractivity contribution in [3.63, 3.8) is 0 Å². The van der Waals surface area contributed by atoms with E-state index < -0.39 is 0 Å². The molecule has 2 aliphatic heterocycles. The van der Waals surface area contributed by atoms with Crippen molar-refractivity contribution >= 4 is 101 Å². The quantitative estimate of drug-likeness (QED) is 0.159. The highest BCUT2D eigenvalue weighted by atomic mass is 32.2. The third-order valence-corrected chi connectivity index (χ3v) is 18.6. The fourth-order valence-electron chi connectivity index (χ4n) is 13.0. The molecule has 15 rings (SSSR count). The molecule has 0 fully saturated rings. The minimum Gasteiger partial charge on any atom is -0.308 e. The van der Waals surface area contributed by atoms with Crippen LogP contribution in [0.3, 0.4) is 0 Å². The molecule has 10 aromatic rings. The smallest absolute Gasteiger partial charge is 0.0601 e. The predicted molar refractivity (Wildman–Crippen MR) is 311 cm³/mol. The third kappa shape index (κ3) is 6.60. The van der Waals surface area contributed by atoms with Crippen molar-refractivity contribution in [1.29, 1.82) is 0 Å². The van der Waals surface area contributed by atoms with Crippen LogP contribution in [0.15, 0.2) is 250 Å². The number of rotatable bonds is 5. The first-order valence-corrected chi connectivity index (χ1v) is 27.4. The molecule has 4 heteroatoms. The first kappa shape index (κ1) is 42.9. The zero-order valence-electron chi connectivity index (χ0n) is 40.7. The first-order chi connectivity index (χ1) is 36.0. The maximum Gasteiger partial charge on any atom is 0.0601 e. The molecular formula is C69H50N2S2. The Bertz CT molecular complexity index is 4020. The molecule has 0 bridgehead atoms. The Hall–Kier alpha value is -7.76. The Morgan fingerprint density at radius 1 is 0.438 bits per heavy atom. The molecule has 0 saturated heterocycles. The molecule has 3 aliphatic carbocycles. The van der Waals surface area contributed by atoms with Crippen molar-refractivity contribution in [2.45, 2.75) is 57.6 Å². The van der Waals surface area contributed by atoms with E-state index in [2.05, 4.69) is 254 Å². The van der Waals surface area contributed by atoms with Gasteiger partial charge in [0.1, 0.15) is 0 Å². The number of allylic oxidation sites excluding steroid dienone is 8. The molecule has 0 N–H and O–H groups in total. The number of benzene rings is 10. The summed E-state index contributed by atoms with van der Waals surface area (Å²) in [7, 11) is 0. The number of fused-ring (bicyclic) bond motifs is 10. The minimum absolute atomic E-state index is 0.00465. The van der Waals surface area contributed by atoms with Gasteiger partial charge in [0, 0.05) is 36.9 Å². The highest BCUT2D eigenvalue weighted by Gasteiger charge is 2.44. The first-order valence-electron chi connectivity index (χ1n) is 25.7. The minimum atomic E-state index is 0.00465. The topological polar surface area (TPSA) is 6.48 Å². The van der Waals surface area contributed by atoms with Crippen molar-refractivity contribution in [3.8, 4) is 11.1 Å². The van der Waals surface area contributed by atoms with Gasteiger partial charge in [-0.15, -0.1) is 0 Å². The molecule has 2 nitrogen and oxygen atoms in total. The molecule has 2 unspecified atom stereocenters. The molecule has 2 atom stereocenters. The lowest BCUT2D eigenvalue weighted by Crippen LogP contribution is -2.24. The second-order valence-corrected chi connectivity index (χ2v) is 22.8. The highest BCUT2D eigenvalue weighted by Crippen LogP contribution is 2.58. The lowest BCUT2D eigenvalue weighted by atomic mass is 9.74. The number of para-hydroxylation sites is 4. The van der Waals surface area contributed by atoms with Gasteiger partial charge in [-0.25, -0.2) is 0 Å². The molecule has 0 spiro atoms. The van der Waals surface area contributed by atoms with Crippen LogP contribution >= 0.6 is 23.5 Å². The lowest BCUT2D eigenvalue weighted by Gasteiger charge is -2.34. The van der Waals surface area contributed by atoms with Crippen molar-refractivity contribution in [2.75, 3.05) is 9.80 Å². The molecule has 0 radical (unpaired) electrons. The van der Waals surface area contributed by atoms with Crippen LogP contribution < -0.4 is 9.80 Å². The van der Waals surface area contributed by atoms with Gasteiger partial charge in [0.15, 0.2) is 0 Å². The van der Waals surface area contributed by atoms with Gasteiger partial charge in [-0.2, -0.15) is 0 Å². The summed E-state index contributed by atoms with van der Waals surface area (Å²) in [6.07, 6.45) is 16.4. The summed E-state index contributed by atoms with van der Waals surface area (Å²) in [6.45, 7) is 4.91. The van der Waals surface area contributed by atoms with E-state index in [0.717, 1.165) is 24.2 Å². The average Bonchev–Trinajstić information content (AvgIpc) is 3.68. The molecule has 0 aromatic heterocycles. The SMILES string of the molecule is CC1(C)c2cc(C3=CCCC=C3c3c4cc(N5c6ccccc6Sc6ccccc65)ccc4c(-c4cccc5ccccc45)c4cc(N5c6ccccc6Sc6ccccc65)ccc34)ccc2C2C=CC=CC21. The van der Waals surface area contributed by atoms with Crippen LogP contribution in [0.1, 0.15) is 54.9 Å². The van der Waals surface area contributed by atoms with Crippen LogP contribution in [-0.2, 0) is 5.41 Å². The number of hydrogen-bond acceptors (Lipinski definition) is 4. The van der Waals surface area contributed by atoms with Crippen LogP contribution in [-0.4, -0.2) is 0 Å². The van der Waals surface area contributed by atoms with E-state index >= 15 is 0 Å². The van der Waals surface area contributed by atoms with Gasteiger partial charge in [-0.1, -0.05) is 195 Å². The molecule has 2 heterocycles. The average molecular weight is 971 g/mol. The van der Waals surface area contributed by atoms with Gasteiger partial charge in [0.2, 0.25) is 0 Å². The van der Waals surface area contributed by atoms with Crippen LogP contribution in [0.2, 0.25) is 0 Å². The predicted octanol–water partition coefficient (Wildman–Crippen LogP) is 20.1. The fraction of sp³-hybridized carbons (Fsp3) is 0.101. The van der Waals surface area contributed by atoms with Crippen LogP contribution in [0.25, 0.3) is 54.6 Å².